The number of ether oxygens (including phenoxy) is 1. The molecule has 1 unspecified atom stereocenters. The van der Waals surface area contributed by atoms with E-state index in [1.165, 1.54) is 0 Å². The summed E-state index contributed by atoms with van der Waals surface area (Å²) in [5, 5.41) is 9.76. The van der Waals surface area contributed by atoms with Crippen molar-refractivity contribution >= 4 is 11.0 Å². The maximum Gasteiger partial charge on any atom is 0.181 e. The molecule has 0 bridgehead atoms. The molecule has 2 rings (SSSR count). The van der Waals surface area contributed by atoms with Crippen molar-refractivity contribution < 1.29 is 9.15 Å². The number of para-hydroxylation sites is 1. The third kappa shape index (κ3) is 1.63. The molecule has 16 heavy (non-hydrogen) atoms. The zero-order chi connectivity index (χ0) is 11.7. The summed E-state index contributed by atoms with van der Waals surface area (Å²) in [7, 11) is 0. The molecular weight excluding hydrogens is 202 g/mol. The van der Waals surface area contributed by atoms with Crippen molar-refractivity contribution in [2.24, 2.45) is 0 Å². The van der Waals surface area contributed by atoms with Gasteiger partial charge < -0.3 is 9.15 Å². The smallest absolute Gasteiger partial charge is 0.181 e. The number of fused-ring (bicyclic) bond motifs is 1. The average molecular weight is 215 g/mol. The van der Waals surface area contributed by atoms with Crippen LogP contribution < -0.4 is 4.74 Å². The van der Waals surface area contributed by atoms with E-state index in [1.54, 1.807) is 6.92 Å². The molecule has 1 heterocycles. The zero-order valence-electron chi connectivity index (χ0n) is 9.57. The quantitative estimate of drug-likeness (QED) is 0.771. The summed E-state index contributed by atoms with van der Waals surface area (Å²) < 4.78 is 11.1. The van der Waals surface area contributed by atoms with Crippen molar-refractivity contribution in [2.75, 3.05) is 0 Å². The lowest BCUT2D eigenvalue weighted by Crippen LogP contribution is -2.07. The first-order chi connectivity index (χ1) is 7.63. The second kappa shape index (κ2) is 3.90. The number of nitrogens with zero attached hydrogens (tertiary/aromatic N) is 1. The molecule has 82 valence electrons. The van der Waals surface area contributed by atoms with E-state index in [-0.39, 0.29) is 0 Å². The minimum absolute atomic E-state index is 0.476. The van der Waals surface area contributed by atoms with E-state index in [4.69, 9.17) is 14.4 Å². The highest BCUT2D eigenvalue weighted by Crippen LogP contribution is 2.32. The summed E-state index contributed by atoms with van der Waals surface area (Å²) in [6, 6.07) is 7.75. The van der Waals surface area contributed by atoms with Crippen LogP contribution in [0.15, 0.2) is 22.6 Å². The Balaban J connectivity index is 2.55. The summed E-state index contributed by atoms with van der Waals surface area (Å²) in [5.41, 5.74) is 1.84. The van der Waals surface area contributed by atoms with E-state index in [2.05, 4.69) is 0 Å². The van der Waals surface area contributed by atoms with Crippen LogP contribution in [0.2, 0.25) is 0 Å². The Kier molecular flexibility index (Phi) is 2.57. The van der Waals surface area contributed by atoms with E-state index >= 15 is 0 Å². The van der Waals surface area contributed by atoms with Crippen LogP contribution in [0.3, 0.4) is 0 Å². The Morgan fingerprint density at radius 1 is 1.38 bits per heavy atom. The highest BCUT2D eigenvalue weighted by molar-refractivity contribution is 5.87. The monoisotopic (exact) mass is 215 g/mol. The number of nitriles is 1. The van der Waals surface area contributed by atoms with Gasteiger partial charge in [0.1, 0.15) is 11.8 Å². The minimum Gasteiger partial charge on any atom is -0.472 e. The van der Waals surface area contributed by atoms with Crippen molar-refractivity contribution in [3.63, 3.8) is 0 Å². The molecule has 0 aliphatic heterocycles. The van der Waals surface area contributed by atoms with E-state index in [1.807, 2.05) is 38.1 Å². The predicted molar refractivity (Wildman–Crippen MR) is 61.4 cm³/mol. The van der Waals surface area contributed by atoms with Gasteiger partial charge in [-0.25, -0.2) is 0 Å². The van der Waals surface area contributed by atoms with Gasteiger partial charge in [-0.1, -0.05) is 12.1 Å². The van der Waals surface area contributed by atoms with Gasteiger partial charge in [0.25, 0.3) is 0 Å². The summed E-state index contributed by atoms with van der Waals surface area (Å²) in [6.07, 6.45) is -0.476. The number of hydrogen-bond acceptors (Lipinski definition) is 3. The molecule has 0 aliphatic carbocycles. The molecule has 0 aliphatic rings. The van der Waals surface area contributed by atoms with Gasteiger partial charge in [-0.15, -0.1) is 0 Å². The fraction of sp³-hybridized carbons (Fsp3) is 0.308. The Hall–Kier alpha value is -1.95. The third-order valence-electron chi connectivity index (χ3n) is 2.65. The van der Waals surface area contributed by atoms with Gasteiger partial charge in [0.2, 0.25) is 0 Å². The number of furan rings is 1. The van der Waals surface area contributed by atoms with Gasteiger partial charge in [0.05, 0.1) is 0 Å². The maximum atomic E-state index is 8.72. The highest BCUT2D eigenvalue weighted by Gasteiger charge is 2.13. The van der Waals surface area contributed by atoms with E-state index in [0.717, 1.165) is 22.3 Å². The first-order valence-corrected chi connectivity index (χ1v) is 5.18. The molecule has 0 N–H and O–H groups in total. The average Bonchev–Trinajstić information content (AvgIpc) is 2.57. The Labute approximate surface area is 94.2 Å². The number of aryl methyl sites for hydroxylation is 2. The van der Waals surface area contributed by atoms with Gasteiger partial charge in [-0.05, 0) is 32.4 Å². The summed E-state index contributed by atoms with van der Waals surface area (Å²) >= 11 is 0. The zero-order valence-corrected chi connectivity index (χ0v) is 9.57. The normalized spacial score (nSPS) is 12.4. The first-order valence-electron chi connectivity index (χ1n) is 5.18. The lowest BCUT2D eigenvalue weighted by molar-refractivity contribution is 0.275. The van der Waals surface area contributed by atoms with Crippen LogP contribution in [0.1, 0.15) is 18.2 Å². The standard InChI is InChI=1S/C13H13NO2/c1-8(7-14)15-12-6-4-5-11-9(2)10(3)16-13(11)12/h4-6,8H,1-3H3. The van der Waals surface area contributed by atoms with Crippen LogP contribution in [-0.2, 0) is 0 Å². The molecule has 0 fully saturated rings. The van der Waals surface area contributed by atoms with Gasteiger partial charge in [0.15, 0.2) is 17.4 Å². The SMILES string of the molecule is Cc1oc2c(OC(C)C#N)cccc2c1C. The summed E-state index contributed by atoms with van der Waals surface area (Å²) in [6.45, 7) is 5.65. The third-order valence-corrected chi connectivity index (χ3v) is 2.65. The van der Waals surface area contributed by atoms with E-state index < -0.39 is 6.10 Å². The predicted octanol–water partition coefficient (Wildman–Crippen LogP) is 3.34. The molecule has 1 aromatic heterocycles. The van der Waals surface area contributed by atoms with E-state index in [0.29, 0.717) is 5.75 Å². The van der Waals surface area contributed by atoms with Crippen molar-refractivity contribution in [1.82, 2.24) is 0 Å². The fourth-order valence-electron chi connectivity index (χ4n) is 1.65. The molecule has 3 heteroatoms. The van der Waals surface area contributed by atoms with Crippen LogP contribution in [0.5, 0.6) is 5.75 Å². The Morgan fingerprint density at radius 3 is 2.81 bits per heavy atom. The maximum absolute atomic E-state index is 8.72. The minimum atomic E-state index is -0.476. The van der Waals surface area contributed by atoms with Crippen LogP contribution in [-0.4, -0.2) is 6.10 Å². The molecule has 2 aromatic rings. The molecule has 0 saturated carbocycles. The second-order valence-corrected chi connectivity index (χ2v) is 3.81. The Morgan fingerprint density at radius 2 is 2.12 bits per heavy atom. The van der Waals surface area contributed by atoms with Crippen LogP contribution in [0.25, 0.3) is 11.0 Å². The first kappa shape index (κ1) is 10.6. The molecule has 0 saturated heterocycles. The highest BCUT2D eigenvalue weighted by atomic mass is 16.5. The Bertz CT molecular complexity index is 563. The molecule has 1 atom stereocenters. The van der Waals surface area contributed by atoms with Gasteiger partial charge in [-0.3, -0.25) is 0 Å². The van der Waals surface area contributed by atoms with Crippen molar-refractivity contribution in [3.8, 4) is 11.8 Å². The van der Waals surface area contributed by atoms with Gasteiger partial charge in [-0.2, -0.15) is 5.26 Å². The summed E-state index contributed by atoms with van der Waals surface area (Å²) in [4.78, 5) is 0. The van der Waals surface area contributed by atoms with Crippen molar-refractivity contribution in [2.45, 2.75) is 26.9 Å². The molecule has 0 amide bonds. The van der Waals surface area contributed by atoms with Crippen LogP contribution in [0, 0.1) is 25.2 Å². The molecule has 0 spiro atoms. The van der Waals surface area contributed by atoms with Crippen LogP contribution in [0.4, 0.5) is 0 Å². The lowest BCUT2D eigenvalue weighted by Gasteiger charge is -2.07. The van der Waals surface area contributed by atoms with Crippen LogP contribution >= 0.6 is 0 Å². The lowest BCUT2D eigenvalue weighted by atomic mass is 10.1. The number of benzene rings is 1. The topological polar surface area (TPSA) is 46.2 Å². The molecular formula is C13H13NO2. The number of hydrogen-bond donors (Lipinski definition) is 0. The molecule has 1 aromatic carbocycles. The number of rotatable bonds is 2. The van der Waals surface area contributed by atoms with Crippen molar-refractivity contribution in [1.29, 1.82) is 5.26 Å². The molecule has 0 radical (unpaired) electrons. The van der Waals surface area contributed by atoms with Gasteiger partial charge in [0, 0.05) is 5.39 Å². The van der Waals surface area contributed by atoms with Gasteiger partial charge >= 0.3 is 0 Å². The van der Waals surface area contributed by atoms with Crippen molar-refractivity contribution in [3.05, 3.63) is 29.5 Å². The summed E-state index contributed by atoms with van der Waals surface area (Å²) in [5.74, 6) is 1.51. The second-order valence-electron chi connectivity index (χ2n) is 3.81. The van der Waals surface area contributed by atoms with E-state index in [9.17, 15) is 0 Å². The fourth-order valence-corrected chi connectivity index (χ4v) is 1.65. The molecule has 3 nitrogen and oxygen atoms in total. The largest absolute Gasteiger partial charge is 0.472 e.